The van der Waals surface area contributed by atoms with Crippen molar-refractivity contribution in [2.75, 3.05) is 13.1 Å². The maximum atomic E-state index is 12.7. The fraction of sp³-hybridized carbons (Fsp3) is 0.471. The van der Waals surface area contributed by atoms with Crippen molar-refractivity contribution in [2.45, 2.75) is 37.9 Å². The van der Waals surface area contributed by atoms with Crippen LogP contribution in [0.3, 0.4) is 0 Å². The molecule has 134 valence electrons. The van der Waals surface area contributed by atoms with Crippen LogP contribution < -0.4 is 0 Å². The normalized spacial score (nSPS) is 17.5. The monoisotopic (exact) mass is 352 g/mol. The van der Waals surface area contributed by atoms with Crippen molar-refractivity contribution in [3.63, 3.8) is 0 Å². The van der Waals surface area contributed by atoms with Crippen molar-refractivity contribution >= 4 is 5.91 Å². The third-order valence-electron chi connectivity index (χ3n) is 4.55. The molecule has 2 aromatic heterocycles. The highest BCUT2D eigenvalue weighted by Gasteiger charge is 2.35. The van der Waals surface area contributed by atoms with E-state index in [2.05, 4.69) is 10.1 Å². The summed E-state index contributed by atoms with van der Waals surface area (Å²) in [6, 6.07) is 6.32. The van der Waals surface area contributed by atoms with Gasteiger partial charge in [0.05, 0.1) is 17.7 Å². The number of hydrogen-bond donors (Lipinski definition) is 0. The Hall–Kier alpha value is -2.38. The lowest BCUT2D eigenvalue weighted by molar-refractivity contribution is -0.141. The van der Waals surface area contributed by atoms with Crippen LogP contribution in [-0.4, -0.2) is 38.7 Å². The van der Waals surface area contributed by atoms with E-state index in [1.807, 2.05) is 19.1 Å². The SMILES string of the molecule is CC(C(=O)N1CCC(n2ccc(C(F)(F)F)n2)CC1)c1ccccn1. The number of piperidine rings is 1. The molecule has 0 N–H and O–H groups in total. The Labute approximate surface area is 143 Å². The minimum absolute atomic E-state index is 0.00593. The van der Waals surface area contributed by atoms with Gasteiger partial charge in [0.15, 0.2) is 5.69 Å². The summed E-state index contributed by atoms with van der Waals surface area (Å²) in [4.78, 5) is 18.6. The van der Waals surface area contributed by atoms with Gasteiger partial charge in [0.2, 0.25) is 5.91 Å². The van der Waals surface area contributed by atoms with Crippen LogP contribution in [0.15, 0.2) is 36.7 Å². The predicted molar refractivity (Wildman–Crippen MR) is 84.7 cm³/mol. The first-order valence-electron chi connectivity index (χ1n) is 8.18. The highest BCUT2D eigenvalue weighted by molar-refractivity contribution is 5.82. The van der Waals surface area contributed by atoms with E-state index in [1.54, 1.807) is 17.2 Å². The van der Waals surface area contributed by atoms with Gasteiger partial charge in [0.1, 0.15) is 0 Å². The van der Waals surface area contributed by atoms with E-state index < -0.39 is 11.9 Å². The molecule has 0 aliphatic carbocycles. The van der Waals surface area contributed by atoms with Crippen LogP contribution in [-0.2, 0) is 11.0 Å². The molecule has 2 aromatic rings. The van der Waals surface area contributed by atoms with Crippen LogP contribution in [0.25, 0.3) is 0 Å². The van der Waals surface area contributed by atoms with Crippen LogP contribution in [0, 0.1) is 0 Å². The molecule has 1 aliphatic rings. The lowest BCUT2D eigenvalue weighted by Crippen LogP contribution is -2.41. The van der Waals surface area contributed by atoms with E-state index in [9.17, 15) is 18.0 Å². The van der Waals surface area contributed by atoms with Gasteiger partial charge in [-0.05, 0) is 38.0 Å². The number of carbonyl (C=O) groups is 1. The highest BCUT2D eigenvalue weighted by atomic mass is 19.4. The van der Waals surface area contributed by atoms with E-state index in [0.717, 1.165) is 11.8 Å². The molecule has 1 saturated heterocycles. The van der Waals surface area contributed by atoms with E-state index in [-0.39, 0.29) is 17.9 Å². The number of hydrogen-bond acceptors (Lipinski definition) is 3. The second-order valence-electron chi connectivity index (χ2n) is 6.21. The second kappa shape index (κ2) is 6.85. The van der Waals surface area contributed by atoms with Crippen molar-refractivity contribution in [1.82, 2.24) is 19.7 Å². The van der Waals surface area contributed by atoms with Crippen molar-refractivity contribution < 1.29 is 18.0 Å². The highest BCUT2D eigenvalue weighted by Crippen LogP contribution is 2.30. The predicted octanol–water partition coefficient (Wildman–Crippen LogP) is 3.26. The summed E-state index contributed by atoms with van der Waals surface area (Å²) < 4.78 is 39.3. The Morgan fingerprint density at radius 1 is 1.24 bits per heavy atom. The number of aromatic nitrogens is 3. The van der Waals surface area contributed by atoms with Crippen molar-refractivity contribution in [3.8, 4) is 0 Å². The summed E-state index contributed by atoms with van der Waals surface area (Å²) in [5.74, 6) is -0.340. The molecule has 25 heavy (non-hydrogen) atoms. The molecular weight excluding hydrogens is 333 g/mol. The number of nitrogens with zero attached hydrogens (tertiary/aromatic N) is 4. The van der Waals surface area contributed by atoms with Crippen LogP contribution >= 0.6 is 0 Å². The van der Waals surface area contributed by atoms with Crippen molar-refractivity contribution in [2.24, 2.45) is 0 Å². The van der Waals surface area contributed by atoms with Gasteiger partial charge in [0.25, 0.3) is 0 Å². The van der Waals surface area contributed by atoms with Gasteiger partial charge in [-0.1, -0.05) is 6.07 Å². The van der Waals surface area contributed by atoms with Gasteiger partial charge in [-0.3, -0.25) is 14.5 Å². The van der Waals surface area contributed by atoms with Crippen LogP contribution in [0.5, 0.6) is 0 Å². The molecule has 1 atom stereocenters. The first-order valence-corrected chi connectivity index (χ1v) is 8.18. The summed E-state index contributed by atoms with van der Waals surface area (Å²) in [6.45, 7) is 2.82. The standard InChI is InChI=1S/C17H19F3N4O/c1-12(14-4-2-3-8-21-14)16(25)23-9-5-13(6-10-23)24-11-7-15(22-24)17(18,19)20/h2-4,7-8,11-13H,5-6,9-10H2,1H3. The molecule has 0 bridgehead atoms. The molecule has 8 heteroatoms. The summed E-state index contributed by atoms with van der Waals surface area (Å²) in [5.41, 5.74) is -0.161. The van der Waals surface area contributed by atoms with Crippen LogP contribution in [0.2, 0.25) is 0 Å². The summed E-state index contributed by atoms with van der Waals surface area (Å²) in [6.07, 6.45) is -0.248. The fourth-order valence-electron chi connectivity index (χ4n) is 3.08. The van der Waals surface area contributed by atoms with Gasteiger partial charge in [-0.15, -0.1) is 0 Å². The number of alkyl halides is 3. The molecule has 3 rings (SSSR count). The Kier molecular flexibility index (Phi) is 4.78. The van der Waals surface area contributed by atoms with Crippen LogP contribution in [0.4, 0.5) is 13.2 Å². The number of carbonyl (C=O) groups excluding carboxylic acids is 1. The van der Waals surface area contributed by atoms with Gasteiger partial charge in [-0.25, -0.2) is 0 Å². The van der Waals surface area contributed by atoms with E-state index in [4.69, 9.17) is 0 Å². The van der Waals surface area contributed by atoms with Gasteiger partial charge in [-0.2, -0.15) is 18.3 Å². The van der Waals surface area contributed by atoms with Gasteiger partial charge in [0, 0.05) is 25.5 Å². The summed E-state index contributed by atoms with van der Waals surface area (Å²) in [5, 5.41) is 3.64. The molecular formula is C17H19F3N4O. The van der Waals surface area contributed by atoms with Crippen molar-refractivity contribution in [3.05, 3.63) is 48.0 Å². The average molecular weight is 352 g/mol. The molecule has 1 amide bonds. The minimum Gasteiger partial charge on any atom is -0.342 e. The van der Waals surface area contributed by atoms with E-state index >= 15 is 0 Å². The molecule has 1 fully saturated rings. The van der Waals surface area contributed by atoms with E-state index in [0.29, 0.717) is 25.9 Å². The molecule has 1 unspecified atom stereocenters. The zero-order valence-corrected chi connectivity index (χ0v) is 13.8. The first-order chi connectivity index (χ1) is 11.9. The smallest absolute Gasteiger partial charge is 0.342 e. The first kappa shape index (κ1) is 17.4. The minimum atomic E-state index is -4.43. The third kappa shape index (κ3) is 3.83. The largest absolute Gasteiger partial charge is 0.435 e. The number of likely N-dealkylation sites (tertiary alicyclic amines) is 1. The Morgan fingerprint density at radius 3 is 2.52 bits per heavy atom. The molecule has 3 heterocycles. The van der Waals surface area contributed by atoms with Gasteiger partial charge < -0.3 is 4.90 Å². The summed E-state index contributed by atoms with van der Waals surface area (Å²) >= 11 is 0. The maximum absolute atomic E-state index is 12.7. The molecule has 5 nitrogen and oxygen atoms in total. The topological polar surface area (TPSA) is 51.0 Å². The lowest BCUT2D eigenvalue weighted by atomic mass is 10.0. The summed E-state index contributed by atoms with van der Waals surface area (Å²) in [7, 11) is 0. The zero-order chi connectivity index (χ0) is 18.0. The molecule has 0 spiro atoms. The maximum Gasteiger partial charge on any atom is 0.435 e. The number of halogens is 3. The number of rotatable bonds is 3. The second-order valence-corrected chi connectivity index (χ2v) is 6.21. The molecule has 0 saturated carbocycles. The Bertz CT molecular complexity index is 721. The van der Waals surface area contributed by atoms with Crippen molar-refractivity contribution in [1.29, 1.82) is 0 Å². The number of pyridine rings is 1. The van der Waals surface area contributed by atoms with E-state index in [1.165, 1.54) is 10.9 Å². The Balaban J connectivity index is 1.60. The zero-order valence-electron chi connectivity index (χ0n) is 13.8. The lowest BCUT2D eigenvalue weighted by Gasteiger charge is -2.33. The quantitative estimate of drug-likeness (QED) is 0.852. The molecule has 0 radical (unpaired) electrons. The number of amides is 1. The fourth-order valence-corrected chi connectivity index (χ4v) is 3.08. The molecule has 0 aromatic carbocycles. The van der Waals surface area contributed by atoms with Crippen LogP contribution in [0.1, 0.15) is 43.1 Å². The molecule has 1 aliphatic heterocycles. The average Bonchev–Trinajstić information content (AvgIpc) is 3.12. The third-order valence-corrected chi connectivity index (χ3v) is 4.55. The van der Waals surface area contributed by atoms with Gasteiger partial charge >= 0.3 is 6.18 Å². The Morgan fingerprint density at radius 2 is 1.96 bits per heavy atom.